The molecule has 1 aliphatic heterocycles. The third-order valence-corrected chi connectivity index (χ3v) is 8.17. The molecule has 1 saturated heterocycles. The van der Waals surface area contributed by atoms with E-state index in [0.29, 0.717) is 11.1 Å². The van der Waals surface area contributed by atoms with Crippen LogP contribution >= 0.6 is 11.3 Å². The second kappa shape index (κ2) is 9.89. The Morgan fingerprint density at radius 1 is 1.18 bits per heavy atom. The molecule has 0 spiro atoms. The van der Waals surface area contributed by atoms with E-state index in [1.165, 1.54) is 11.3 Å². The van der Waals surface area contributed by atoms with Gasteiger partial charge < -0.3 is 5.32 Å². The summed E-state index contributed by atoms with van der Waals surface area (Å²) in [6.45, 7) is -0.768. The number of benzene rings is 2. The molecule has 12 heteroatoms. The van der Waals surface area contributed by atoms with Gasteiger partial charge in [0.15, 0.2) is 0 Å². The van der Waals surface area contributed by atoms with Crippen molar-refractivity contribution in [2.45, 2.75) is 11.8 Å². The lowest BCUT2D eigenvalue weighted by Crippen LogP contribution is -2.47. The Bertz CT molecular complexity index is 1310. The number of urea groups is 1. The molecule has 4 rings (SSSR count). The van der Waals surface area contributed by atoms with Gasteiger partial charge in [0.2, 0.25) is 15.9 Å². The summed E-state index contributed by atoms with van der Waals surface area (Å²) in [6.07, 6.45) is 0. The molecule has 0 aliphatic carbocycles. The number of carbonyl (C=O) groups is 3. The summed E-state index contributed by atoms with van der Waals surface area (Å²) in [7, 11) is -4.16. The molecule has 0 saturated carbocycles. The molecule has 34 heavy (non-hydrogen) atoms. The van der Waals surface area contributed by atoms with Crippen LogP contribution in [-0.2, 0) is 25.4 Å². The summed E-state index contributed by atoms with van der Waals surface area (Å²) >= 11 is 1.54. The van der Waals surface area contributed by atoms with Crippen LogP contribution in [0.25, 0.3) is 10.1 Å². The molecule has 3 aromatic rings. The van der Waals surface area contributed by atoms with Crippen LogP contribution in [-0.4, -0.2) is 60.3 Å². The molecule has 1 atom stereocenters. The largest absolute Gasteiger partial charge is 0.329 e. The van der Waals surface area contributed by atoms with Crippen molar-refractivity contribution in [3.8, 4) is 0 Å². The normalized spacial score (nSPS) is 15.1. The molecular formula is C22H22N4O6S2. The van der Waals surface area contributed by atoms with Crippen molar-refractivity contribution in [3.63, 3.8) is 0 Å². The maximum Gasteiger partial charge on any atom is 0.324 e. The second-order valence-corrected chi connectivity index (χ2v) is 10.5. The number of amides is 4. The van der Waals surface area contributed by atoms with Gasteiger partial charge in [-0.05, 0) is 40.1 Å². The van der Waals surface area contributed by atoms with Gasteiger partial charge >= 0.3 is 6.03 Å². The maximum absolute atomic E-state index is 13.6. The Morgan fingerprint density at radius 3 is 2.62 bits per heavy atom. The molecule has 4 amide bonds. The monoisotopic (exact) mass is 502 g/mol. The molecule has 2 heterocycles. The molecule has 1 aromatic heterocycles. The number of nitrogens with one attached hydrogen (secondary N) is 2. The third-order valence-electron chi connectivity index (χ3n) is 5.47. The lowest BCUT2D eigenvalue weighted by Gasteiger charge is -2.30. The second-order valence-electron chi connectivity index (χ2n) is 7.65. The van der Waals surface area contributed by atoms with Crippen LogP contribution in [0.5, 0.6) is 0 Å². The molecule has 0 radical (unpaired) electrons. The fourth-order valence-electron chi connectivity index (χ4n) is 3.85. The van der Waals surface area contributed by atoms with Gasteiger partial charge in [0.25, 0.3) is 5.91 Å². The highest BCUT2D eigenvalue weighted by Crippen LogP contribution is 2.28. The Hall–Kier alpha value is -3.32. The predicted molar refractivity (Wildman–Crippen MR) is 125 cm³/mol. The minimum absolute atomic E-state index is 0.175. The van der Waals surface area contributed by atoms with Crippen LogP contribution < -0.4 is 10.8 Å². The highest BCUT2D eigenvalue weighted by molar-refractivity contribution is 7.88. The van der Waals surface area contributed by atoms with E-state index in [9.17, 15) is 28.0 Å². The van der Waals surface area contributed by atoms with E-state index in [2.05, 4.69) is 5.32 Å². The molecule has 1 fully saturated rings. The predicted octanol–water partition coefficient (Wildman–Crippen LogP) is 1.83. The molecule has 2 aromatic carbocycles. The van der Waals surface area contributed by atoms with Crippen LogP contribution in [0.2, 0.25) is 0 Å². The molecule has 1 unspecified atom stereocenters. The number of fused-ring (bicyclic) bond motifs is 1. The summed E-state index contributed by atoms with van der Waals surface area (Å²) in [6, 6.07) is 13.3. The van der Waals surface area contributed by atoms with Gasteiger partial charge in [0.05, 0.1) is 12.3 Å². The number of thiophene rings is 1. The van der Waals surface area contributed by atoms with E-state index < -0.39 is 39.7 Å². The van der Waals surface area contributed by atoms with Gasteiger partial charge in [-0.15, -0.1) is 11.3 Å². The lowest BCUT2D eigenvalue weighted by molar-refractivity contribution is -0.133. The summed E-state index contributed by atoms with van der Waals surface area (Å²) in [5.41, 5.74) is 2.38. The van der Waals surface area contributed by atoms with E-state index in [1.54, 1.807) is 47.9 Å². The summed E-state index contributed by atoms with van der Waals surface area (Å²) < 4.78 is 29.2. The number of hydroxylamine groups is 1. The fraction of sp³-hybridized carbons (Fsp3) is 0.227. The number of rotatable bonds is 9. The van der Waals surface area contributed by atoms with E-state index in [1.807, 2.05) is 17.5 Å². The fourth-order valence-corrected chi connectivity index (χ4v) is 6.29. The van der Waals surface area contributed by atoms with Crippen LogP contribution in [0.15, 0.2) is 60.0 Å². The topological polar surface area (TPSA) is 136 Å². The number of hydrogen-bond acceptors (Lipinski definition) is 7. The Morgan fingerprint density at radius 2 is 1.94 bits per heavy atom. The minimum atomic E-state index is -4.16. The summed E-state index contributed by atoms with van der Waals surface area (Å²) in [5.74, 6) is -1.87. The minimum Gasteiger partial charge on any atom is -0.329 e. The third kappa shape index (κ3) is 4.94. The zero-order valence-electron chi connectivity index (χ0n) is 17.9. The van der Waals surface area contributed by atoms with E-state index >= 15 is 0 Å². The van der Waals surface area contributed by atoms with Gasteiger partial charge in [-0.25, -0.2) is 18.7 Å². The first-order valence-corrected chi connectivity index (χ1v) is 12.8. The van der Waals surface area contributed by atoms with Gasteiger partial charge in [-0.3, -0.25) is 19.7 Å². The van der Waals surface area contributed by atoms with Crippen LogP contribution in [0.1, 0.15) is 17.2 Å². The van der Waals surface area contributed by atoms with Crippen LogP contribution in [0, 0.1) is 0 Å². The van der Waals surface area contributed by atoms with Crippen molar-refractivity contribution in [3.05, 3.63) is 71.1 Å². The Kier molecular flexibility index (Phi) is 6.93. The highest BCUT2D eigenvalue weighted by Gasteiger charge is 2.38. The maximum atomic E-state index is 13.6. The van der Waals surface area contributed by atoms with E-state index in [0.717, 1.165) is 19.3 Å². The van der Waals surface area contributed by atoms with Crippen molar-refractivity contribution >= 4 is 49.3 Å². The molecule has 1 aliphatic rings. The first kappa shape index (κ1) is 23.8. The average Bonchev–Trinajstić information content (AvgIpc) is 3.42. The van der Waals surface area contributed by atoms with Crippen molar-refractivity contribution in [2.24, 2.45) is 0 Å². The SMILES string of the molecule is O=C(NO)C(c1ccccc1)N(CCN1C(=O)CNC1=O)S(=O)(=O)Cc1ccc2sccc2c1. The van der Waals surface area contributed by atoms with Crippen LogP contribution in [0.4, 0.5) is 4.79 Å². The molecular weight excluding hydrogens is 480 g/mol. The number of imide groups is 1. The summed E-state index contributed by atoms with van der Waals surface area (Å²) in [5, 5.41) is 14.6. The molecule has 3 N–H and O–H groups in total. The Labute approximate surface area is 199 Å². The lowest BCUT2D eigenvalue weighted by atomic mass is 10.1. The zero-order valence-corrected chi connectivity index (χ0v) is 19.5. The van der Waals surface area contributed by atoms with Crippen LogP contribution in [0.3, 0.4) is 0 Å². The number of hydrogen-bond donors (Lipinski definition) is 3. The Balaban J connectivity index is 1.70. The van der Waals surface area contributed by atoms with Gasteiger partial charge in [0, 0.05) is 17.8 Å². The smallest absolute Gasteiger partial charge is 0.324 e. The number of nitrogens with zero attached hydrogens (tertiary/aromatic N) is 2. The average molecular weight is 503 g/mol. The van der Waals surface area contributed by atoms with Gasteiger partial charge in [0.1, 0.15) is 6.04 Å². The first-order chi connectivity index (χ1) is 16.3. The van der Waals surface area contributed by atoms with Crippen molar-refractivity contribution < 1.29 is 28.0 Å². The first-order valence-electron chi connectivity index (χ1n) is 10.3. The van der Waals surface area contributed by atoms with Crippen molar-refractivity contribution in [1.82, 2.24) is 20.0 Å². The molecule has 178 valence electrons. The zero-order chi connectivity index (χ0) is 24.3. The van der Waals surface area contributed by atoms with E-state index in [4.69, 9.17) is 0 Å². The highest BCUT2D eigenvalue weighted by atomic mass is 32.2. The number of carbonyl (C=O) groups excluding carboxylic acids is 3. The van der Waals surface area contributed by atoms with Crippen molar-refractivity contribution in [2.75, 3.05) is 19.6 Å². The standard InChI is InChI=1S/C22H22N4O6S2/c27-19-13-23-22(29)25(19)9-10-26(20(21(28)24-30)16-4-2-1-3-5-16)34(31,32)14-15-6-7-18-17(12-15)8-11-33-18/h1-8,11-12,20,30H,9-10,13-14H2,(H,23,29)(H,24,28). The van der Waals surface area contributed by atoms with Crippen molar-refractivity contribution in [1.29, 1.82) is 0 Å². The summed E-state index contributed by atoms with van der Waals surface area (Å²) in [4.78, 5) is 37.6. The van der Waals surface area contributed by atoms with E-state index in [-0.39, 0.29) is 19.6 Å². The molecule has 10 nitrogen and oxygen atoms in total. The quantitative estimate of drug-likeness (QED) is 0.232. The molecule has 0 bridgehead atoms. The van der Waals surface area contributed by atoms with Gasteiger partial charge in [-0.2, -0.15) is 4.31 Å². The van der Waals surface area contributed by atoms with Gasteiger partial charge in [-0.1, -0.05) is 36.4 Å². The number of sulfonamides is 1.